The average Bonchev–Trinajstić information content (AvgIpc) is 3.34. The van der Waals surface area contributed by atoms with E-state index >= 15 is 0 Å². The van der Waals surface area contributed by atoms with Gasteiger partial charge in [-0.1, -0.05) is 62.1 Å². The van der Waals surface area contributed by atoms with Crippen molar-refractivity contribution in [3.05, 3.63) is 64.7 Å². The maximum absolute atomic E-state index is 13.0. The number of aliphatic hydroxyl groups is 1. The van der Waals surface area contributed by atoms with E-state index in [0.717, 1.165) is 31.2 Å². The predicted molar refractivity (Wildman–Crippen MR) is 117 cm³/mol. The molecule has 0 spiro atoms. The quantitative estimate of drug-likeness (QED) is 0.303. The summed E-state index contributed by atoms with van der Waals surface area (Å²) < 4.78 is 10.9. The minimum absolute atomic E-state index is 0.114. The van der Waals surface area contributed by atoms with E-state index in [-0.39, 0.29) is 18.1 Å². The van der Waals surface area contributed by atoms with Crippen LogP contribution >= 0.6 is 0 Å². The highest BCUT2D eigenvalue weighted by atomic mass is 16.7. The topological polar surface area (TPSA) is 76.1 Å². The highest BCUT2D eigenvalue weighted by molar-refractivity contribution is 6.46. The van der Waals surface area contributed by atoms with Crippen molar-refractivity contribution in [1.29, 1.82) is 0 Å². The first-order valence-corrected chi connectivity index (χ1v) is 10.8. The Morgan fingerprint density at radius 2 is 1.77 bits per heavy atom. The number of unbranched alkanes of at least 4 members (excludes halogenated alkanes) is 3. The van der Waals surface area contributed by atoms with Gasteiger partial charge < -0.3 is 19.5 Å². The zero-order chi connectivity index (χ0) is 22.0. The van der Waals surface area contributed by atoms with Gasteiger partial charge in [-0.05, 0) is 31.0 Å². The summed E-state index contributed by atoms with van der Waals surface area (Å²) >= 11 is 0. The largest absolute Gasteiger partial charge is 0.507 e. The Kier molecular flexibility index (Phi) is 5.98. The summed E-state index contributed by atoms with van der Waals surface area (Å²) in [6.45, 7) is 4.67. The van der Waals surface area contributed by atoms with E-state index < -0.39 is 17.7 Å². The number of ketones is 1. The molecule has 1 fully saturated rings. The number of rotatable bonds is 7. The second-order valence-electron chi connectivity index (χ2n) is 8.03. The molecule has 2 aliphatic heterocycles. The molecule has 0 aliphatic carbocycles. The van der Waals surface area contributed by atoms with Crippen LogP contribution in [-0.2, 0) is 9.59 Å². The van der Waals surface area contributed by atoms with Gasteiger partial charge >= 0.3 is 0 Å². The zero-order valence-electron chi connectivity index (χ0n) is 17.9. The van der Waals surface area contributed by atoms with Gasteiger partial charge in [-0.15, -0.1) is 0 Å². The molecule has 2 aliphatic rings. The lowest BCUT2D eigenvalue weighted by atomic mass is 9.94. The van der Waals surface area contributed by atoms with E-state index in [9.17, 15) is 14.7 Å². The third kappa shape index (κ3) is 4.02. The van der Waals surface area contributed by atoms with Gasteiger partial charge in [-0.3, -0.25) is 9.59 Å². The highest BCUT2D eigenvalue weighted by Gasteiger charge is 2.46. The monoisotopic (exact) mass is 421 g/mol. The summed E-state index contributed by atoms with van der Waals surface area (Å²) in [5.74, 6) is -0.187. The van der Waals surface area contributed by atoms with E-state index in [0.29, 0.717) is 29.2 Å². The molecule has 0 saturated carbocycles. The van der Waals surface area contributed by atoms with E-state index in [1.165, 1.54) is 0 Å². The molecule has 2 heterocycles. The van der Waals surface area contributed by atoms with Crippen LogP contribution in [0.1, 0.15) is 55.3 Å². The fourth-order valence-corrected chi connectivity index (χ4v) is 4.12. The van der Waals surface area contributed by atoms with Crippen LogP contribution in [0.25, 0.3) is 5.76 Å². The molecule has 31 heavy (non-hydrogen) atoms. The molecule has 162 valence electrons. The van der Waals surface area contributed by atoms with Gasteiger partial charge in [0.05, 0.1) is 11.6 Å². The lowest BCUT2D eigenvalue weighted by Gasteiger charge is -2.25. The molecule has 0 aromatic heterocycles. The third-order valence-electron chi connectivity index (χ3n) is 5.83. The Bertz CT molecular complexity index is 1020. The van der Waals surface area contributed by atoms with Crippen LogP contribution in [-0.4, -0.2) is 35.0 Å². The standard InChI is InChI=1S/C25H27NO5/c1-3-4-5-6-13-26-22(18-11-12-19-20(14-18)31-15-30-19)21(24(28)25(26)29)23(27)17-9-7-16(2)8-10-17/h7-12,14,22,27H,3-6,13,15H2,1-2H3/b23-21+/t22-/m0/s1. The van der Waals surface area contributed by atoms with Gasteiger partial charge in [-0.25, -0.2) is 0 Å². The number of aliphatic hydroxyl groups excluding tert-OH is 1. The first-order chi connectivity index (χ1) is 15.0. The molecule has 4 rings (SSSR count). The third-order valence-corrected chi connectivity index (χ3v) is 5.83. The molecule has 0 bridgehead atoms. The van der Waals surface area contributed by atoms with Gasteiger partial charge in [0.25, 0.3) is 11.7 Å². The van der Waals surface area contributed by atoms with E-state index in [1.807, 2.05) is 25.1 Å². The molecule has 1 amide bonds. The van der Waals surface area contributed by atoms with Crippen molar-refractivity contribution < 1.29 is 24.2 Å². The van der Waals surface area contributed by atoms with Crippen LogP contribution < -0.4 is 9.47 Å². The van der Waals surface area contributed by atoms with Gasteiger partial charge in [0.2, 0.25) is 6.79 Å². The molecule has 0 radical (unpaired) electrons. The molecular formula is C25H27NO5. The number of likely N-dealkylation sites (tertiary alicyclic amines) is 1. The van der Waals surface area contributed by atoms with E-state index in [2.05, 4.69) is 6.92 Å². The molecule has 6 heteroatoms. The highest BCUT2D eigenvalue weighted by Crippen LogP contribution is 2.43. The summed E-state index contributed by atoms with van der Waals surface area (Å²) in [6.07, 6.45) is 3.93. The molecule has 0 unspecified atom stereocenters. The summed E-state index contributed by atoms with van der Waals surface area (Å²) in [5, 5.41) is 11.1. The Hall–Kier alpha value is -3.28. The number of carbonyl (C=O) groups excluding carboxylic acids is 2. The van der Waals surface area contributed by atoms with Crippen LogP contribution in [0.3, 0.4) is 0 Å². The molecule has 1 N–H and O–H groups in total. The van der Waals surface area contributed by atoms with Crippen molar-refractivity contribution in [3.63, 3.8) is 0 Å². The van der Waals surface area contributed by atoms with Gasteiger partial charge in [0.1, 0.15) is 5.76 Å². The van der Waals surface area contributed by atoms with Gasteiger partial charge in [-0.2, -0.15) is 0 Å². The van der Waals surface area contributed by atoms with Crippen LogP contribution in [0.2, 0.25) is 0 Å². The number of benzene rings is 2. The second kappa shape index (κ2) is 8.84. The number of hydrogen-bond donors (Lipinski definition) is 1. The SMILES string of the molecule is CCCCCCN1C(=O)C(=O)/C(=C(/O)c2ccc(C)cc2)[C@@H]1c1ccc2c(c1)OCO2. The molecule has 2 aromatic carbocycles. The molecular weight excluding hydrogens is 394 g/mol. The smallest absolute Gasteiger partial charge is 0.295 e. The number of amides is 1. The van der Waals surface area contributed by atoms with Crippen molar-refractivity contribution in [2.45, 2.75) is 45.6 Å². The summed E-state index contributed by atoms with van der Waals surface area (Å²) in [6, 6.07) is 12.0. The van der Waals surface area contributed by atoms with Crippen LogP contribution in [0.5, 0.6) is 11.5 Å². The lowest BCUT2D eigenvalue weighted by Crippen LogP contribution is -2.30. The maximum Gasteiger partial charge on any atom is 0.295 e. The van der Waals surface area contributed by atoms with E-state index in [4.69, 9.17) is 9.47 Å². The zero-order valence-corrected chi connectivity index (χ0v) is 17.9. The number of hydrogen-bond acceptors (Lipinski definition) is 5. The second-order valence-corrected chi connectivity index (χ2v) is 8.03. The minimum Gasteiger partial charge on any atom is -0.507 e. The number of fused-ring (bicyclic) bond motifs is 1. The predicted octanol–water partition coefficient (Wildman–Crippen LogP) is 4.73. The summed E-state index contributed by atoms with van der Waals surface area (Å²) in [4.78, 5) is 27.6. The Morgan fingerprint density at radius 1 is 1.03 bits per heavy atom. The van der Waals surface area contributed by atoms with Gasteiger partial charge in [0.15, 0.2) is 11.5 Å². The lowest BCUT2D eigenvalue weighted by molar-refractivity contribution is -0.139. The fourth-order valence-electron chi connectivity index (χ4n) is 4.12. The van der Waals surface area contributed by atoms with Gasteiger partial charge in [0, 0.05) is 12.1 Å². The number of carbonyl (C=O) groups is 2. The Labute approximate surface area is 182 Å². The van der Waals surface area contributed by atoms with E-state index in [1.54, 1.807) is 29.2 Å². The molecule has 1 atom stereocenters. The Balaban J connectivity index is 1.77. The van der Waals surface area contributed by atoms with Crippen LogP contribution in [0, 0.1) is 6.92 Å². The number of ether oxygens (including phenoxy) is 2. The van der Waals surface area contributed by atoms with Crippen LogP contribution in [0.4, 0.5) is 0 Å². The first kappa shape index (κ1) is 21.0. The molecule has 1 saturated heterocycles. The molecule has 2 aromatic rings. The number of Topliss-reactive ketones (excluding diaryl/α,β-unsaturated/α-hetero) is 1. The minimum atomic E-state index is -0.669. The maximum atomic E-state index is 13.0. The Morgan fingerprint density at radius 3 is 2.52 bits per heavy atom. The van der Waals surface area contributed by atoms with Crippen molar-refractivity contribution in [1.82, 2.24) is 4.90 Å². The summed E-state index contributed by atoms with van der Waals surface area (Å²) in [7, 11) is 0. The van der Waals surface area contributed by atoms with Crippen LogP contribution in [0.15, 0.2) is 48.0 Å². The molecule has 6 nitrogen and oxygen atoms in total. The van der Waals surface area contributed by atoms with Crippen molar-refractivity contribution in [3.8, 4) is 11.5 Å². The normalized spacial score (nSPS) is 19.3. The van der Waals surface area contributed by atoms with Crippen molar-refractivity contribution >= 4 is 17.4 Å². The summed E-state index contributed by atoms with van der Waals surface area (Å²) in [5.41, 5.74) is 2.39. The average molecular weight is 421 g/mol. The van der Waals surface area contributed by atoms with Crippen molar-refractivity contribution in [2.75, 3.05) is 13.3 Å². The fraction of sp³-hybridized carbons (Fsp3) is 0.360. The number of nitrogens with zero attached hydrogens (tertiary/aromatic N) is 1. The first-order valence-electron chi connectivity index (χ1n) is 10.8. The number of aryl methyl sites for hydroxylation is 1. The van der Waals surface area contributed by atoms with Crippen molar-refractivity contribution in [2.24, 2.45) is 0 Å².